The molecule has 0 spiro atoms. The van der Waals surface area contributed by atoms with Crippen molar-refractivity contribution in [3.63, 3.8) is 0 Å². The smallest absolute Gasteiger partial charge is 0.320 e. The SMILES string of the molecule is COc1ccc(CN(C)C(=O)N2CCCC(C)C2)cc1. The van der Waals surface area contributed by atoms with Crippen LogP contribution in [-0.2, 0) is 6.54 Å². The maximum absolute atomic E-state index is 12.4. The molecule has 1 saturated heterocycles. The van der Waals surface area contributed by atoms with Crippen LogP contribution in [0.3, 0.4) is 0 Å². The third-order valence-corrected chi connectivity index (χ3v) is 3.83. The van der Waals surface area contributed by atoms with Crippen LogP contribution in [-0.4, -0.2) is 43.1 Å². The summed E-state index contributed by atoms with van der Waals surface area (Å²) in [6.07, 6.45) is 2.34. The van der Waals surface area contributed by atoms with Crippen LogP contribution < -0.4 is 4.74 Å². The first-order chi connectivity index (χ1) is 9.60. The Morgan fingerprint density at radius 2 is 2.10 bits per heavy atom. The van der Waals surface area contributed by atoms with Gasteiger partial charge in [0.1, 0.15) is 5.75 Å². The first-order valence-electron chi connectivity index (χ1n) is 7.23. The number of likely N-dealkylation sites (tertiary alicyclic amines) is 1. The molecule has 20 heavy (non-hydrogen) atoms. The molecule has 1 fully saturated rings. The Morgan fingerprint density at radius 3 is 2.70 bits per heavy atom. The van der Waals surface area contributed by atoms with E-state index in [4.69, 9.17) is 4.74 Å². The van der Waals surface area contributed by atoms with Crippen molar-refractivity contribution in [2.75, 3.05) is 27.2 Å². The topological polar surface area (TPSA) is 32.8 Å². The third kappa shape index (κ3) is 3.65. The molecule has 0 saturated carbocycles. The molecule has 4 heteroatoms. The molecule has 1 heterocycles. The van der Waals surface area contributed by atoms with Crippen molar-refractivity contribution in [2.24, 2.45) is 5.92 Å². The van der Waals surface area contributed by atoms with Gasteiger partial charge in [0.05, 0.1) is 7.11 Å². The average molecular weight is 276 g/mol. The maximum Gasteiger partial charge on any atom is 0.320 e. The van der Waals surface area contributed by atoms with Crippen LogP contribution in [0.25, 0.3) is 0 Å². The van der Waals surface area contributed by atoms with Crippen LogP contribution in [0.4, 0.5) is 4.79 Å². The van der Waals surface area contributed by atoms with Gasteiger partial charge in [0.15, 0.2) is 0 Å². The zero-order valence-corrected chi connectivity index (χ0v) is 12.6. The molecule has 1 aromatic rings. The first-order valence-corrected chi connectivity index (χ1v) is 7.23. The molecule has 4 nitrogen and oxygen atoms in total. The van der Waals surface area contributed by atoms with E-state index in [2.05, 4.69) is 6.92 Å². The van der Waals surface area contributed by atoms with E-state index in [1.54, 1.807) is 12.0 Å². The van der Waals surface area contributed by atoms with Gasteiger partial charge in [-0.05, 0) is 36.5 Å². The Morgan fingerprint density at radius 1 is 1.40 bits per heavy atom. The summed E-state index contributed by atoms with van der Waals surface area (Å²) >= 11 is 0. The van der Waals surface area contributed by atoms with E-state index in [0.29, 0.717) is 12.5 Å². The molecule has 1 aliphatic heterocycles. The van der Waals surface area contributed by atoms with Crippen molar-refractivity contribution < 1.29 is 9.53 Å². The third-order valence-electron chi connectivity index (χ3n) is 3.83. The monoisotopic (exact) mass is 276 g/mol. The highest BCUT2D eigenvalue weighted by Gasteiger charge is 2.23. The Balaban J connectivity index is 1.92. The van der Waals surface area contributed by atoms with E-state index in [1.807, 2.05) is 36.2 Å². The molecular formula is C16H24N2O2. The number of ether oxygens (including phenoxy) is 1. The number of nitrogens with zero attached hydrogens (tertiary/aromatic N) is 2. The normalized spacial score (nSPS) is 18.8. The second kappa shape index (κ2) is 6.64. The van der Waals surface area contributed by atoms with Crippen LogP contribution >= 0.6 is 0 Å². The maximum atomic E-state index is 12.4. The van der Waals surface area contributed by atoms with Gasteiger partial charge in [0, 0.05) is 26.7 Å². The van der Waals surface area contributed by atoms with E-state index in [-0.39, 0.29) is 6.03 Å². The molecule has 1 aliphatic rings. The minimum atomic E-state index is 0.132. The van der Waals surface area contributed by atoms with Crippen molar-refractivity contribution >= 4 is 6.03 Å². The summed E-state index contributed by atoms with van der Waals surface area (Å²) in [6, 6.07) is 7.99. The van der Waals surface area contributed by atoms with E-state index < -0.39 is 0 Å². The Labute approximate surface area is 121 Å². The van der Waals surface area contributed by atoms with Gasteiger partial charge in [-0.25, -0.2) is 4.79 Å². The van der Waals surface area contributed by atoms with Crippen LogP contribution in [0.2, 0.25) is 0 Å². The number of piperidine rings is 1. The minimum absolute atomic E-state index is 0.132. The predicted octanol–water partition coefficient (Wildman–Crippen LogP) is 2.98. The van der Waals surface area contributed by atoms with Gasteiger partial charge in [-0.2, -0.15) is 0 Å². The molecule has 1 atom stereocenters. The number of rotatable bonds is 3. The Kier molecular flexibility index (Phi) is 4.88. The average Bonchev–Trinajstić information content (AvgIpc) is 2.47. The van der Waals surface area contributed by atoms with Crippen molar-refractivity contribution in [1.29, 1.82) is 0 Å². The highest BCUT2D eigenvalue weighted by molar-refractivity contribution is 5.74. The summed E-state index contributed by atoms with van der Waals surface area (Å²) in [5.74, 6) is 1.45. The van der Waals surface area contributed by atoms with Crippen molar-refractivity contribution in [3.8, 4) is 5.75 Å². The molecule has 110 valence electrons. The summed E-state index contributed by atoms with van der Waals surface area (Å²) < 4.78 is 5.14. The standard InChI is InChI=1S/C16H24N2O2/c1-13-5-4-10-18(11-13)16(19)17(2)12-14-6-8-15(20-3)9-7-14/h6-9,13H,4-5,10-12H2,1-3H3. The lowest BCUT2D eigenvalue weighted by Crippen LogP contribution is -2.45. The zero-order chi connectivity index (χ0) is 14.5. The van der Waals surface area contributed by atoms with Crippen LogP contribution in [0.1, 0.15) is 25.3 Å². The molecule has 0 N–H and O–H groups in total. The van der Waals surface area contributed by atoms with Crippen LogP contribution in [0, 0.1) is 5.92 Å². The molecule has 2 rings (SSSR count). The second-order valence-electron chi connectivity index (χ2n) is 5.68. The van der Waals surface area contributed by atoms with E-state index in [9.17, 15) is 4.79 Å². The number of amides is 2. The molecule has 0 aromatic heterocycles. The quantitative estimate of drug-likeness (QED) is 0.850. The fourth-order valence-corrected chi connectivity index (χ4v) is 2.68. The molecular weight excluding hydrogens is 252 g/mol. The van der Waals surface area contributed by atoms with Gasteiger partial charge in [0.25, 0.3) is 0 Å². The number of hydrogen-bond acceptors (Lipinski definition) is 2. The van der Waals surface area contributed by atoms with E-state index in [1.165, 1.54) is 6.42 Å². The molecule has 1 aromatic carbocycles. The summed E-state index contributed by atoms with van der Waals surface area (Å²) in [6.45, 7) is 4.61. The minimum Gasteiger partial charge on any atom is -0.497 e. The molecule has 0 aliphatic carbocycles. The number of methoxy groups -OCH3 is 1. The summed E-state index contributed by atoms with van der Waals surface area (Å²) in [7, 11) is 3.52. The van der Waals surface area contributed by atoms with Gasteiger partial charge < -0.3 is 14.5 Å². The van der Waals surface area contributed by atoms with Crippen molar-refractivity contribution in [1.82, 2.24) is 9.80 Å². The van der Waals surface area contributed by atoms with Gasteiger partial charge in [-0.1, -0.05) is 19.1 Å². The summed E-state index contributed by atoms with van der Waals surface area (Å²) in [4.78, 5) is 16.2. The number of urea groups is 1. The number of carbonyl (C=O) groups is 1. The highest BCUT2D eigenvalue weighted by atomic mass is 16.5. The molecule has 2 amide bonds. The summed E-state index contributed by atoms with van der Waals surface area (Å²) in [5, 5.41) is 0. The van der Waals surface area contributed by atoms with E-state index >= 15 is 0 Å². The highest BCUT2D eigenvalue weighted by Crippen LogP contribution is 2.18. The van der Waals surface area contributed by atoms with Crippen LogP contribution in [0.5, 0.6) is 5.75 Å². The predicted molar refractivity (Wildman–Crippen MR) is 79.8 cm³/mol. The second-order valence-corrected chi connectivity index (χ2v) is 5.68. The largest absolute Gasteiger partial charge is 0.497 e. The van der Waals surface area contributed by atoms with Gasteiger partial charge in [-0.3, -0.25) is 0 Å². The molecule has 0 bridgehead atoms. The molecule has 1 unspecified atom stereocenters. The number of carbonyl (C=O) groups excluding carboxylic acids is 1. The molecule has 0 radical (unpaired) electrons. The Hall–Kier alpha value is -1.71. The summed E-state index contributed by atoms with van der Waals surface area (Å²) in [5.41, 5.74) is 1.12. The fraction of sp³-hybridized carbons (Fsp3) is 0.562. The first kappa shape index (κ1) is 14.7. The van der Waals surface area contributed by atoms with Gasteiger partial charge in [-0.15, -0.1) is 0 Å². The number of benzene rings is 1. The fourth-order valence-electron chi connectivity index (χ4n) is 2.68. The van der Waals surface area contributed by atoms with Gasteiger partial charge in [0.2, 0.25) is 0 Å². The van der Waals surface area contributed by atoms with Crippen molar-refractivity contribution in [3.05, 3.63) is 29.8 Å². The zero-order valence-electron chi connectivity index (χ0n) is 12.6. The Bertz CT molecular complexity index is 444. The van der Waals surface area contributed by atoms with Crippen LogP contribution in [0.15, 0.2) is 24.3 Å². The lowest BCUT2D eigenvalue weighted by Gasteiger charge is -2.34. The van der Waals surface area contributed by atoms with Crippen molar-refractivity contribution in [2.45, 2.75) is 26.3 Å². The van der Waals surface area contributed by atoms with E-state index in [0.717, 1.165) is 30.8 Å². The van der Waals surface area contributed by atoms with Gasteiger partial charge >= 0.3 is 6.03 Å². The number of hydrogen-bond donors (Lipinski definition) is 0. The lowest BCUT2D eigenvalue weighted by molar-refractivity contribution is 0.137. The lowest BCUT2D eigenvalue weighted by atomic mass is 10.0.